The molecule has 0 saturated heterocycles. The molecule has 0 heterocycles. The summed E-state index contributed by atoms with van der Waals surface area (Å²) < 4.78 is 0. The van der Waals surface area contributed by atoms with Crippen LogP contribution >= 0.6 is 0 Å². The zero-order valence-electron chi connectivity index (χ0n) is 21.2. The number of phenols is 2. The number of carbonyl (C=O) groups is 2. The van der Waals surface area contributed by atoms with Crippen molar-refractivity contribution in [1.29, 1.82) is 0 Å². The molecule has 0 bridgehead atoms. The molecule has 0 radical (unpaired) electrons. The Bertz CT molecular complexity index is 862. The van der Waals surface area contributed by atoms with Crippen molar-refractivity contribution in [3.63, 3.8) is 0 Å². The minimum Gasteiger partial charge on any atom is -0.508 e. The van der Waals surface area contributed by atoms with E-state index in [1.807, 2.05) is 38.1 Å². The molecular formula is C28H40O6. The van der Waals surface area contributed by atoms with Gasteiger partial charge in [0, 0.05) is 0 Å². The molecule has 1 saturated carbocycles. The van der Waals surface area contributed by atoms with Gasteiger partial charge in [0.05, 0.1) is 11.8 Å². The topological polar surface area (TPSA) is 115 Å². The third kappa shape index (κ3) is 9.46. The van der Waals surface area contributed by atoms with Gasteiger partial charge in [0.15, 0.2) is 0 Å². The summed E-state index contributed by atoms with van der Waals surface area (Å²) in [5.74, 6) is -0.450. The lowest BCUT2D eigenvalue weighted by Crippen LogP contribution is -2.25. The Labute approximate surface area is 203 Å². The lowest BCUT2D eigenvalue weighted by molar-refractivity contribution is -0.148. The molecule has 1 aliphatic rings. The molecule has 2 aromatic rings. The molecule has 1 fully saturated rings. The van der Waals surface area contributed by atoms with E-state index in [-0.39, 0.29) is 11.8 Å². The van der Waals surface area contributed by atoms with Crippen LogP contribution in [0.4, 0.5) is 0 Å². The van der Waals surface area contributed by atoms with Crippen molar-refractivity contribution < 1.29 is 30.0 Å². The van der Waals surface area contributed by atoms with Gasteiger partial charge in [-0.25, -0.2) is 0 Å². The molecule has 0 unspecified atom stereocenters. The lowest BCUT2D eigenvalue weighted by atomic mass is 9.82. The van der Waals surface area contributed by atoms with Crippen molar-refractivity contribution in [2.75, 3.05) is 0 Å². The average Bonchev–Trinajstić information content (AvgIpc) is 2.78. The van der Waals surface area contributed by atoms with Gasteiger partial charge in [-0.2, -0.15) is 0 Å². The highest BCUT2D eigenvalue weighted by atomic mass is 16.4. The van der Waals surface area contributed by atoms with E-state index in [2.05, 4.69) is 39.8 Å². The van der Waals surface area contributed by atoms with Crippen molar-refractivity contribution in [2.24, 2.45) is 11.8 Å². The van der Waals surface area contributed by atoms with E-state index < -0.39 is 11.9 Å². The van der Waals surface area contributed by atoms with Crippen molar-refractivity contribution in [3.8, 4) is 11.5 Å². The Balaban J connectivity index is 0.000000255. The summed E-state index contributed by atoms with van der Waals surface area (Å²) in [4.78, 5) is 21.0. The normalized spacial score (nSPS) is 17.3. The first-order chi connectivity index (χ1) is 15.8. The van der Waals surface area contributed by atoms with Crippen LogP contribution in [0.1, 0.15) is 87.5 Å². The highest BCUT2D eigenvalue weighted by Gasteiger charge is 2.29. The van der Waals surface area contributed by atoms with Gasteiger partial charge in [-0.15, -0.1) is 0 Å². The van der Waals surface area contributed by atoms with E-state index in [9.17, 15) is 19.8 Å². The first-order valence-corrected chi connectivity index (χ1v) is 11.9. The van der Waals surface area contributed by atoms with Crippen molar-refractivity contribution >= 4 is 11.9 Å². The zero-order valence-corrected chi connectivity index (χ0v) is 21.2. The summed E-state index contributed by atoms with van der Waals surface area (Å²) in [5.41, 5.74) is 4.25. The van der Waals surface area contributed by atoms with Gasteiger partial charge in [0.25, 0.3) is 0 Å². The van der Waals surface area contributed by atoms with Crippen LogP contribution in [0.2, 0.25) is 0 Å². The fraction of sp³-hybridized carbons (Fsp3) is 0.500. The zero-order chi connectivity index (χ0) is 26.0. The second kappa shape index (κ2) is 13.6. The van der Waals surface area contributed by atoms with Gasteiger partial charge < -0.3 is 20.4 Å². The van der Waals surface area contributed by atoms with E-state index in [1.54, 1.807) is 0 Å². The third-order valence-electron chi connectivity index (χ3n) is 6.23. The van der Waals surface area contributed by atoms with Crippen LogP contribution < -0.4 is 0 Å². The number of rotatable bonds is 4. The molecule has 34 heavy (non-hydrogen) atoms. The number of aryl methyl sites for hydroxylation is 2. The molecule has 4 N–H and O–H groups in total. The van der Waals surface area contributed by atoms with Gasteiger partial charge in [-0.1, -0.05) is 52.0 Å². The summed E-state index contributed by atoms with van der Waals surface area (Å²) in [6, 6.07) is 11.7. The quantitative estimate of drug-likeness (QED) is 0.398. The Kier molecular flexibility index (Phi) is 11.6. The summed E-state index contributed by atoms with van der Waals surface area (Å²) >= 11 is 0. The number of carboxylic acid groups (broad SMARTS) is 2. The van der Waals surface area contributed by atoms with Crippen LogP contribution in [0.15, 0.2) is 36.4 Å². The highest BCUT2D eigenvalue weighted by molar-refractivity contribution is 5.72. The average molecular weight is 473 g/mol. The molecule has 6 nitrogen and oxygen atoms in total. The molecular weight excluding hydrogens is 432 g/mol. The van der Waals surface area contributed by atoms with Crippen LogP contribution in [0.3, 0.4) is 0 Å². The summed E-state index contributed by atoms with van der Waals surface area (Å²) in [6.45, 7) is 12.3. The second-order valence-corrected chi connectivity index (χ2v) is 9.63. The Hall–Kier alpha value is -3.02. The monoisotopic (exact) mass is 472 g/mol. The summed E-state index contributed by atoms with van der Waals surface area (Å²) in [5, 5.41) is 35.9. The first-order valence-electron chi connectivity index (χ1n) is 11.9. The minimum atomic E-state index is -0.793. The Morgan fingerprint density at radius 3 is 1.18 bits per heavy atom. The molecule has 2 aromatic carbocycles. The van der Waals surface area contributed by atoms with E-state index in [0.717, 1.165) is 11.1 Å². The molecule has 0 aromatic heterocycles. The van der Waals surface area contributed by atoms with Crippen molar-refractivity contribution in [3.05, 3.63) is 58.7 Å². The highest BCUT2D eigenvalue weighted by Crippen LogP contribution is 2.29. The van der Waals surface area contributed by atoms with Crippen LogP contribution in [0.25, 0.3) is 0 Å². The Morgan fingerprint density at radius 1 is 0.676 bits per heavy atom. The molecule has 6 heteroatoms. The standard InChI is InChI=1S/2C10H14O.C8H12O4/c2*1-7(2)9-5-4-8(3)10(11)6-9;9-7(10)5-1-2-6(4-3-5)8(11)12/h2*4-7,11H,1-3H3;5-6H,1-4H2,(H,9,10)(H,11,12). The fourth-order valence-corrected chi connectivity index (χ4v) is 3.56. The number of phenolic OH excluding ortho intramolecular Hbond substituents is 2. The minimum absolute atomic E-state index is 0.319. The van der Waals surface area contributed by atoms with E-state index in [4.69, 9.17) is 10.2 Å². The summed E-state index contributed by atoms with van der Waals surface area (Å²) in [7, 11) is 0. The van der Waals surface area contributed by atoms with Gasteiger partial charge in [-0.3, -0.25) is 9.59 Å². The maximum absolute atomic E-state index is 10.5. The molecule has 0 aliphatic heterocycles. The molecule has 188 valence electrons. The maximum Gasteiger partial charge on any atom is 0.306 e. The predicted octanol–water partition coefficient (Wildman–Crippen LogP) is 6.61. The number of aromatic hydroxyl groups is 2. The third-order valence-corrected chi connectivity index (χ3v) is 6.23. The fourth-order valence-electron chi connectivity index (χ4n) is 3.56. The summed E-state index contributed by atoms with van der Waals surface area (Å²) in [6.07, 6.45) is 2.03. The number of hydrogen-bond donors (Lipinski definition) is 4. The lowest BCUT2D eigenvalue weighted by Gasteiger charge is -2.22. The van der Waals surface area contributed by atoms with Crippen LogP contribution in [-0.4, -0.2) is 32.4 Å². The van der Waals surface area contributed by atoms with Gasteiger partial charge in [-0.05, 0) is 85.8 Å². The van der Waals surface area contributed by atoms with Gasteiger partial charge >= 0.3 is 11.9 Å². The predicted molar refractivity (Wildman–Crippen MR) is 135 cm³/mol. The Morgan fingerprint density at radius 2 is 0.971 bits per heavy atom. The van der Waals surface area contributed by atoms with Gasteiger partial charge in [0.2, 0.25) is 0 Å². The number of hydrogen-bond acceptors (Lipinski definition) is 4. The van der Waals surface area contributed by atoms with Crippen LogP contribution in [-0.2, 0) is 9.59 Å². The molecule has 0 atom stereocenters. The number of aliphatic carboxylic acids is 2. The first kappa shape index (κ1) is 29.0. The van der Waals surface area contributed by atoms with E-state index in [0.29, 0.717) is 49.0 Å². The molecule has 3 rings (SSSR count). The number of carboxylic acids is 2. The maximum atomic E-state index is 10.5. The van der Waals surface area contributed by atoms with Crippen molar-refractivity contribution in [1.82, 2.24) is 0 Å². The van der Waals surface area contributed by atoms with Gasteiger partial charge in [0.1, 0.15) is 11.5 Å². The van der Waals surface area contributed by atoms with E-state index in [1.165, 1.54) is 11.1 Å². The van der Waals surface area contributed by atoms with Crippen LogP contribution in [0.5, 0.6) is 11.5 Å². The molecule has 0 amide bonds. The van der Waals surface area contributed by atoms with Crippen molar-refractivity contribution in [2.45, 2.75) is 79.1 Å². The molecule has 0 spiro atoms. The molecule has 1 aliphatic carbocycles. The largest absolute Gasteiger partial charge is 0.508 e. The SMILES string of the molecule is Cc1ccc(C(C)C)cc1O.Cc1ccc(C(C)C)cc1O.O=C(O)C1CCC(C(=O)O)CC1. The smallest absolute Gasteiger partial charge is 0.306 e. The van der Waals surface area contributed by atoms with E-state index >= 15 is 0 Å². The second-order valence-electron chi connectivity index (χ2n) is 9.63. The van der Waals surface area contributed by atoms with Crippen LogP contribution in [0, 0.1) is 25.7 Å². The number of benzene rings is 2.